The van der Waals surface area contributed by atoms with Crippen molar-refractivity contribution in [3.8, 4) is 11.5 Å². The molecular formula is C17H21NO2. The molecule has 0 unspecified atom stereocenters. The third-order valence-electron chi connectivity index (χ3n) is 3.23. The highest BCUT2D eigenvalue weighted by atomic mass is 16.5. The number of anilines is 1. The monoisotopic (exact) mass is 271 g/mol. The molecule has 0 spiro atoms. The average molecular weight is 271 g/mol. The maximum atomic E-state index is 5.84. The van der Waals surface area contributed by atoms with Crippen LogP contribution in [0.15, 0.2) is 42.5 Å². The van der Waals surface area contributed by atoms with Gasteiger partial charge in [-0.15, -0.1) is 0 Å². The van der Waals surface area contributed by atoms with Gasteiger partial charge in [0.1, 0.15) is 18.1 Å². The van der Waals surface area contributed by atoms with Crippen LogP contribution in [0.1, 0.15) is 30.9 Å². The first-order chi connectivity index (χ1) is 9.60. The summed E-state index contributed by atoms with van der Waals surface area (Å²) < 4.78 is 11.2. The molecule has 20 heavy (non-hydrogen) atoms. The lowest BCUT2D eigenvalue weighted by atomic mass is 10.0. The van der Waals surface area contributed by atoms with Crippen LogP contribution in [0.5, 0.6) is 11.5 Å². The molecule has 0 aliphatic heterocycles. The Labute approximate surface area is 120 Å². The number of benzene rings is 2. The fourth-order valence-corrected chi connectivity index (χ4v) is 2.00. The van der Waals surface area contributed by atoms with E-state index in [2.05, 4.69) is 26.0 Å². The van der Waals surface area contributed by atoms with Gasteiger partial charge in [-0.3, -0.25) is 0 Å². The lowest BCUT2D eigenvalue weighted by Crippen LogP contribution is -2.00. The van der Waals surface area contributed by atoms with Crippen LogP contribution in [0.4, 0.5) is 5.69 Å². The maximum Gasteiger partial charge on any atom is 0.127 e. The van der Waals surface area contributed by atoms with Crippen LogP contribution in [-0.4, -0.2) is 7.11 Å². The molecule has 0 fully saturated rings. The molecule has 3 nitrogen and oxygen atoms in total. The first kappa shape index (κ1) is 14.3. The lowest BCUT2D eigenvalue weighted by Gasteiger charge is -2.12. The fourth-order valence-electron chi connectivity index (χ4n) is 2.00. The van der Waals surface area contributed by atoms with Crippen molar-refractivity contribution in [1.29, 1.82) is 0 Å². The second-order valence-electron chi connectivity index (χ2n) is 5.09. The molecule has 2 rings (SSSR count). The van der Waals surface area contributed by atoms with Gasteiger partial charge in [-0.05, 0) is 35.7 Å². The van der Waals surface area contributed by atoms with Gasteiger partial charge in [0.15, 0.2) is 0 Å². The summed E-state index contributed by atoms with van der Waals surface area (Å²) in [6, 6.07) is 13.8. The van der Waals surface area contributed by atoms with Gasteiger partial charge in [0.25, 0.3) is 0 Å². The van der Waals surface area contributed by atoms with Crippen LogP contribution < -0.4 is 15.2 Å². The molecule has 0 aliphatic rings. The van der Waals surface area contributed by atoms with Crippen molar-refractivity contribution in [2.45, 2.75) is 26.4 Å². The number of hydrogen-bond acceptors (Lipinski definition) is 3. The van der Waals surface area contributed by atoms with E-state index in [1.54, 1.807) is 7.11 Å². The largest absolute Gasteiger partial charge is 0.496 e. The zero-order valence-corrected chi connectivity index (χ0v) is 12.2. The Morgan fingerprint density at radius 2 is 1.90 bits per heavy atom. The summed E-state index contributed by atoms with van der Waals surface area (Å²) in [4.78, 5) is 0. The van der Waals surface area contributed by atoms with Crippen LogP contribution in [0, 0.1) is 0 Å². The summed E-state index contributed by atoms with van der Waals surface area (Å²) in [5.74, 6) is 2.12. The number of ether oxygens (including phenoxy) is 2. The van der Waals surface area contributed by atoms with E-state index in [4.69, 9.17) is 15.2 Å². The third-order valence-corrected chi connectivity index (χ3v) is 3.23. The molecule has 0 saturated carbocycles. The van der Waals surface area contributed by atoms with E-state index in [9.17, 15) is 0 Å². The molecule has 2 aromatic carbocycles. The van der Waals surface area contributed by atoms with E-state index >= 15 is 0 Å². The number of hydrogen-bond donors (Lipinski definition) is 1. The van der Waals surface area contributed by atoms with E-state index in [1.807, 2.05) is 30.3 Å². The SMILES string of the molecule is COc1cc(N)ccc1COc1cccc(C(C)C)c1. The molecular weight excluding hydrogens is 250 g/mol. The van der Waals surface area contributed by atoms with Crippen LogP contribution in [0.3, 0.4) is 0 Å². The molecule has 0 amide bonds. The highest BCUT2D eigenvalue weighted by Crippen LogP contribution is 2.25. The maximum absolute atomic E-state index is 5.84. The Bertz CT molecular complexity index is 579. The van der Waals surface area contributed by atoms with Gasteiger partial charge >= 0.3 is 0 Å². The van der Waals surface area contributed by atoms with E-state index < -0.39 is 0 Å². The predicted molar refractivity (Wildman–Crippen MR) is 82.3 cm³/mol. The molecule has 0 atom stereocenters. The smallest absolute Gasteiger partial charge is 0.127 e. The number of nitrogens with two attached hydrogens (primary N) is 1. The highest BCUT2D eigenvalue weighted by molar-refractivity contribution is 5.48. The standard InChI is InChI=1S/C17H21NO2/c1-12(2)13-5-4-6-16(9-13)20-11-14-7-8-15(18)10-17(14)19-3/h4-10,12H,11,18H2,1-3H3. The quantitative estimate of drug-likeness (QED) is 0.836. The minimum Gasteiger partial charge on any atom is -0.496 e. The van der Waals surface area contributed by atoms with Gasteiger partial charge in [-0.2, -0.15) is 0 Å². The van der Waals surface area contributed by atoms with Gasteiger partial charge in [0, 0.05) is 17.3 Å². The highest BCUT2D eigenvalue weighted by Gasteiger charge is 2.06. The topological polar surface area (TPSA) is 44.5 Å². The van der Waals surface area contributed by atoms with Crippen LogP contribution in [0.25, 0.3) is 0 Å². The van der Waals surface area contributed by atoms with Crippen LogP contribution in [0.2, 0.25) is 0 Å². The van der Waals surface area contributed by atoms with Gasteiger partial charge in [-0.25, -0.2) is 0 Å². The van der Waals surface area contributed by atoms with Crippen molar-refractivity contribution in [3.63, 3.8) is 0 Å². The third kappa shape index (κ3) is 3.44. The number of nitrogen functional groups attached to an aromatic ring is 1. The van der Waals surface area contributed by atoms with Gasteiger partial charge in [-0.1, -0.05) is 26.0 Å². The summed E-state index contributed by atoms with van der Waals surface area (Å²) in [6.07, 6.45) is 0. The summed E-state index contributed by atoms with van der Waals surface area (Å²) >= 11 is 0. The molecule has 0 heterocycles. The van der Waals surface area contributed by atoms with Gasteiger partial charge < -0.3 is 15.2 Å². The summed E-state index contributed by atoms with van der Waals surface area (Å²) in [5, 5.41) is 0. The lowest BCUT2D eigenvalue weighted by molar-refractivity contribution is 0.296. The summed E-state index contributed by atoms with van der Waals surface area (Å²) in [6.45, 7) is 4.80. The van der Waals surface area contributed by atoms with Gasteiger partial charge in [0.05, 0.1) is 7.11 Å². The Kier molecular flexibility index (Phi) is 4.51. The average Bonchev–Trinajstić information content (AvgIpc) is 2.46. The molecule has 0 aromatic heterocycles. The first-order valence-electron chi connectivity index (χ1n) is 6.75. The van der Waals surface area contributed by atoms with E-state index in [-0.39, 0.29) is 0 Å². The number of rotatable bonds is 5. The minimum absolute atomic E-state index is 0.463. The van der Waals surface area contributed by atoms with E-state index in [0.29, 0.717) is 18.2 Å². The van der Waals surface area contributed by atoms with Crippen LogP contribution in [-0.2, 0) is 6.61 Å². The molecule has 0 radical (unpaired) electrons. The molecule has 2 N–H and O–H groups in total. The molecule has 0 aliphatic carbocycles. The Morgan fingerprint density at radius 3 is 2.60 bits per heavy atom. The van der Waals surface area contributed by atoms with Crippen molar-refractivity contribution in [2.24, 2.45) is 0 Å². The van der Waals surface area contributed by atoms with Gasteiger partial charge in [0.2, 0.25) is 0 Å². The molecule has 2 aromatic rings. The summed E-state index contributed by atoms with van der Waals surface area (Å²) in [5.41, 5.74) is 8.68. The molecule has 0 saturated heterocycles. The zero-order chi connectivity index (χ0) is 14.5. The summed E-state index contributed by atoms with van der Waals surface area (Å²) in [7, 11) is 1.64. The fraction of sp³-hybridized carbons (Fsp3) is 0.294. The second kappa shape index (κ2) is 6.33. The molecule has 3 heteroatoms. The Morgan fingerprint density at radius 1 is 1.10 bits per heavy atom. The van der Waals surface area contributed by atoms with Crippen molar-refractivity contribution in [1.82, 2.24) is 0 Å². The van der Waals surface area contributed by atoms with E-state index in [0.717, 1.165) is 17.1 Å². The van der Waals surface area contributed by atoms with Crippen molar-refractivity contribution < 1.29 is 9.47 Å². The predicted octanol–water partition coefficient (Wildman–Crippen LogP) is 3.98. The first-order valence-corrected chi connectivity index (χ1v) is 6.75. The van der Waals surface area contributed by atoms with Crippen molar-refractivity contribution in [2.75, 3.05) is 12.8 Å². The van der Waals surface area contributed by atoms with E-state index in [1.165, 1.54) is 5.56 Å². The second-order valence-corrected chi connectivity index (χ2v) is 5.09. The Hall–Kier alpha value is -2.16. The molecule has 106 valence electrons. The normalized spacial score (nSPS) is 10.6. The minimum atomic E-state index is 0.463. The zero-order valence-electron chi connectivity index (χ0n) is 12.2. The molecule has 0 bridgehead atoms. The van der Waals surface area contributed by atoms with Crippen LogP contribution >= 0.6 is 0 Å². The Balaban J connectivity index is 2.10. The van der Waals surface area contributed by atoms with Crippen molar-refractivity contribution >= 4 is 5.69 Å². The number of methoxy groups -OCH3 is 1. The van der Waals surface area contributed by atoms with Crippen molar-refractivity contribution in [3.05, 3.63) is 53.6 Å².